The summed E-state index contributed by atoms with van der Waals surface area (Å²) in [6, 6.07) is 34.9. The van der Waals surface area contributed by atoms with E-state index >= 15 is 0 Å². The molecule has 5 rings (SSSR count). The van der Waals surface area contributed by atoms with Gasteiger partial charge in [-0.1, -0.05) is 60.7 Å². The standard InChI is InChI=1S/C37H33N3O5S/c1-24(35(41)39-30-17-16-25-10-7-8-13-27(25)22-30)46-31-20-18-29(19-21-31)38-37(43)32(40-36(42)26-11-5-4-6-12-26)23-28-14-9-15-33(44-2)34(28)45-3/h4-24H,1-3H3,(H,38,43)(H,39,41)(H,40,42)/b32-23-. The minimum Gasteiger partial charge on any atom is -0.493 e. The number of methoxy groups -OCH3 is 2. The molecule has 3 N–H and O–H groups in total. The molecule has 0 radical (unpaired) electrons. The minimum absolute atomic E-state index is 0.0119. The lowest BCUT2D eigenvalue weighted by atomic mass is 10.1. The molecule has 5 aromatic rings. The summed E-state index contributed by atoms with van der Waals surface area (Å²) in [6.45, 7) is 1.84. The first kappa shape index (κ1) is 31.9. The van der Waals surface area contributed by atoms with Crippen LogP contribution in [0.4, 0.5) is 11.4 Å². The van der Waals surface area contributed by atoms with Crippen LogP contribution in [0, 0.1) is 0 Å². The Morgan fingerprint density at radius 2 is 1.41 bits per heavy atom. The highest BCUT2D eigenvalue weighted by molar-refractivity contribution is 8.00. The summed E-state index contributed by atoms with van der Waals surface area (Å²) >= 11 is 1.40. The van der Waals surface area contributed by atoms with Gasteiger partial charge in [-0.15, -0.1) is 11.8 Å². The molecule has 0 heterocycles. The molecule has 9 heteroatoms. The molecule has 232 valence electrons. The molecule has 1 atom stereocenters. The molecule has 0 aliphatic heterocycles. The summed E-state index contributed by atoms with van der Waals surface area (Å²) in [6.07, 6.45) is 1.54. The van der Waals surface area contributed by atoms with Gasteiger partial charge in [0.15, 0.2) is 11.5 Å². The highest BCUT2D eigenvalue weighted by Crippen LogP contribution is 2.32. The Labute approximate surface area is 271 Å². The van der Waals surface area contributed by atoms with Gasteiger partial charge in [0.25, 0.3) is 11.8 Å². The Balaban J connectivity index is 1.28. The first-order valence-corrected chi connectivity index (χ1v) is 15.4. The van der Waals surface area contributed by atoms with Crippen molar-refractivity contribution in [3.05, 3.63) is 132 Å². The number of carbonyl (C=O) groups excluding carboxylic acids is 3. The molecule has 0 saturated heterocycles. The molecule has 0 spiro atoms. The maximum absolute atomic E-state index is 13.5. The van der Waals surface area contributed by atoms with Gasteiger partial charge in [0, 0.05) is 27.4 Å². The lowest BCUT2D eigenvalue weighted by Crippen LogP contribution is -2.30. The topological polar surface area (TPSA) is 106 Å². The fourth-order valence-electron chi connectivity index (χ4n) is 4.71. The van der Waals surface area contributed by atoms with Crippen LogP contribution in [-0.4, -0.2) is 37.2 Å². The zero-order valence-electron chi connectivity index (χ0n) is 25.6. The van der Waals surface area contributed by atoms with Crippen LogP contribution in [0.3, 0.4) is 0 Å². The van der Waals surface area contributed by atoms with Crippen molar-refractivity contribution in [3.63, 3.8) is 0 Å². The Hall–Kier alpha value is -5.54. The van der Waals surface area contributed by atoms with Crippen LogP contribution in [0.1, 0.15) is 22.8 Å². The molecule has 3 amide bonds. The number of rotatable bonds is 11. The van der Waals surface area contributed by atoms with Crippen molar-refractivity contribution in [1.82, 2.24) is 5.32 Å². The zero-order chi connectivity index (χ0) is 32.5. The van der Waals surface area contributed by atoms with Crippen LogP contribution in [-0.2, 0) is 9.59 Å². The molecule has 8 nitrogen and oxygen atoms in total. The van der Waals surface area contributed by atoms with Crippen LogP contribution < -0.4 is 25.4 Å². The van der Waals surface area contributed by atoms with Gasteiger partial charge < -0.3 is 25.4 Å². The second kappa shape index (κ2) is 15.0. The fraction of sp³-hybridized carbons (Fsp3) is 0.108. The summed E-state index contributed by atoms with van der Waals surface area (Å²) < 4.78 is 10.9. The predicted molar refractivity (Wildman–Crippen MR) is 184 cm³/mol. The highest BCUT2D eigenvalue weighted by atomic mass is 32.2. The molecular weight excluding hydrogens is 598 g/mol. The van der Waals surface area contributed by atoms with E-state index < -0.39 is 11.8 Å². The molecule has 46 heavy (non-hydrogen) atoms. The van der Waals surface area contributed by atoms with Gasteiger partial charge in [0.2, 0.25) is 5.91 Å². The third-order valence-electron chi connectivity index (χ3n) is 7.07. The number of amides is 3. The van der Waals surface area contributed by atoms with Crippen molar-refractivity contribution >= 4 is 57.7 Å². The third-order valence-corrected chi connectivity index (χ3v) is 8.19. The van der Waals surface area contributed by atoms with Gasteiger partial charge in [-0.25, -0.2) is 0 Å². The van der Waals surface area contributed by atoms with E-state index in [1.165, 1.54) is 32.1 Å². The molecule has 0 aromatic heterocycles. The van der Waals surface area contributed by atoms with Crippen molar-refractivity contribution in [3.8, 4) is 11.5 Å². The lowest BCUT2D eigenvalue weighted by molar-refractivity contribution is -0.115. The van der Waals surface area contributed by atoms with Gasteiger partial charge in [-0.2, -0.15) is 0 Å². The maximum Gasteiger partial charge on any atom is 0.272 e. The van der Waals surface area contributed by atoms with Crippen molar-refractivity contribution in [2.75, 3.05) is 24.9 Å². The van der Waals surface area contributed by atoms with Crippen molar-refractivity contribution in [2.45, 2.75) is 17.1 Å². The summed E-state index contributed by atoms with van der Waals surface area (Å²) in [5.74, 6) is -0.179. The first-order chi connectivity index (χ1) is 22.3. The Morgan fingerprint density at radius 3 is 2.13 bits per heavy atom. The Kier molecular flexibility index (Phi) is 10.4. The first-order valence-electron chi connectivity index (χ1n) is 14.5. The normalized spacial score (nSPS) is 11.8. The van der Waals surface area contributed by atoms with E-state index in [1.807, 2.05) is 61.5 Å². The van der Waals surface area contributed by atoms with Crippen LogP contribution >= 0.6 is 11.8 Å². The van der Waals surface area contributed by atoms with Crippen molar-refractivity contribution in [2.24, 2.45) is 0 Å². The molecular formula is C37H33N3O5S. The van der Waals surface area contributed by atoms with Crippen molar-refractivity contribution < 1.29 is 23.9 Å². The molecule has 1 unspecified atom stereocenters. The predicted octanol–water partition coefficient (Wildman–Crippen LogP) is 7.39. The van der Waals surface area contributed by atoms with Crippen molar-refractivity contribution in [1.29, 1.82) is 0 Å². The van der Waals surface area contributed by atoms with Crippen LogP contribution in [0.25, 0.3) is 16.8 Å². The quantitative estimate of drug-likeness (QED) is 0.104. The maximum atomic E-state index is 13.5. The molecule has 0 aliphatic rings. The van der Waals surface area contributed by atoms with E-state index in [1.54, 1.807) is 60.7 Å². The number of para-hydroxylation sites is 1. The largest absolute Gasteiger partial charge is 0.493 e. The fourth-order valence-corrected chi connectivity index (χ4v) is 5.57. The smallest absolute Gasteiger partial charge is 0.272 e. The average molecular weight is 632 g/mol. The molecule has 5 aromatic carbocycles. The number of carbonyl (C=O) groups is 3. The van der Waals surface area contributed by atoms with Crippen LogP contribution in [0.15, 0.2) is 126 Å². The Bertz CT molecular complexity index is 1890. The third kappa shape index (κ3) is 7.94. The second-order valence-electron chi connectivity index (χ2n) is 10.3. The number of benzene rings is 5. The van der Waals surface area contributed by atoms with Gasteiger partial charge in [0.1, 0.15) is 5.70 Å². The van der Waals surface area contributed by atoms with E-state index in [9.17, 15) is 14.4 Å². The Morgan fingerprint density at radius 1 is 0.717 bits per heavy atom. The highest BCUT2D eigenvalue weighted by Gasteiger charge is 2.18. The van der Waals surface area contributed by atoms with E-state index in [2.05, 4.69) is 16.0 Å². The lowest BCUT2D eigenvalue weighted by Gasteiger charge is -2.15. The van der Waals surface area contributed by atoms with Gasteiger partial charge in [0.05, 0.1) is 19.5 Å². The summed E-state index contributed by atoms with van der Waals surface area (Å²) in [5.41, 5.74) is 2.21. The number of fused-ring (bicyclic) bond motifs is 1. The number of ether oxygens (including phenoxy) is 2. The second-order valence-corrected chi connectivity index (χ2v) is 11.7. The van der Waals surface area contributed by atoms with Crippen LogP contribution in [0.5, 0.6) is 11.5 Å². The van der Waals surface area contributed by atoms with Gasteiger partial charge in [-0.3, -0.25) is 14.4 Å². The average Bonchev–Trinajstić information content (AvgIpc) is 3.08. The molecule has 0 aliphatic carbocycles. The van der Waals surface area contributed by atoms with Crippen LogP contribution in [0.2, 0.25) is 0 Å². The molecule has 0 saturated carbocycles. The number of anilines is 2. The van der Waals surface area contributed by atoms with E-state index in [0.717, 1.165) is 21.4 Å². The number of hydrogen-bond acceptors (Lipinski definition) is 6. The minimum atomic E-state index is -0.530. The van der Waals surface area contributed by atoms with Gasteiger partial charge in [-0.05, 0) is 78.4 Å². The van der Waals surface area contributed by atoms with E-state index in [-0.39, 0.29) is 16.9 Å². The summed E-state index contributed by atoms with van der Waals surface area (Å²) in [7, 11) is 3.03. The SMILES string of the molecule is COc1cccc(/C=C(\NC(=O)c2ccccc2)C(=O)Nc2ccc(SC(C)C(=O)Nc3ccc4ccccc4c3)cc2)c1OC. The molecule has 0 fully saturated rings. The monoisotopic (exact) mass is 631 g/mol. The van der Waals surface area contributed by atoms with E-state index in [4.69, 9.17) is 9.47 Å². The zero-order valence-corrected chi connectivity index (χ0v) is 26.4. The van der Waals surface area contributed by atoms with Gasteiger partial charge >= 0.3 is 0 Å². The van der Waals surface area contributed by atoms with E-state index in [0.29, 0.717) is 28.3 Å². The number of thioether (sulfide) groups is 1. The summed E-state index contributed by atoms with van der Waals surface area (Å²) in [4.78, 5) is 40.3. The number of nitrogens with one attached hydrogen (secondary N) is 3. The summed E-state index contributed by atoms with van der Waals surface area (Å²) in [5, 5.41) is 10.4. The molecule has 0 bridgehead atoms. The number of hydrogen-bond donors (Lipinski definition) is 3.